The van der Waals surface area contributed by atoms with E-state index in [0.29, 0.717) is 12.1 Å². The van der Waals surface area contributed by atoms with E-state index in [2.05, 4.69) is 0 Å². The molecule has 0 saturated carbocycles. The Hall–Kier alpha value is -1.79. The first kappa shape index (κ1) is 15.6. The number of furan rings is 1. The summed E-state index contributed by atoms with van der Waals surface area (Å²) in [4.78, 5) is 1.80. The molecule has 0 saturated heterocycles. The lowest BCUT2D eigenvalue weighted by Crippen LogP contribution is -2.30. The summed E-state index contributed by atoms with van der Waals surface area (Å²) in [6.45, 7) is 2.39. The van der Waals surface area contributed by atoms with Crippen molar-refractivity contribution in [2.24, 2.45) is 5.73 Å². The van der Waals surface area contributed by atoms with Crippen molar-refractivity contribution in [3.8, 4) is 0 Å². The number of nitrogens with two attached hydrogens (primary N) is 1. The highest BCUT2D eigenvalue weighted by atomic mass is 19.2. The monoisotopic (exact) mass is 298 g/mol. The molecule has 2 rings (SSSR count). The van der Waals surface area contributed by atoms with E-state index in [1.807, 2.05) is 19.1 Å². The third-order valence-electron chi connectivity index (χ3n) is 3.35. The predicted molar refractivity (Wildman–Crippen MR) is 73.0 cm³/mol. The number of rotatable bonds is 5. The topological polar surface area (TPSA) is 42.4 Å². The minimum absolute atomic E-state index is 0.140. The van der Waals surface area contributed by atoms with Crippen LogP contribution in [-0.4, -0.2) is 18.5 Å². The van der Waals surface area contributed by atoms with Gasteiger partial charge < -0.3 is 10.2 Å². The Labute approximate surface area is 121 Å². The summed E-state index contributed by atoms with van der Waals surface area (Å²) >= 11 is 0. The number of aryl methyl sites for hydroxylation is 1. The molecular weight excluding hydrogens is 281 g/mol. The molecule has 1 aromatic heterocycles. The first-order valence-corrected chi connectivity index (χ1v) is 6.52. The summed E-state index contributed by atoms with van der Waals surface area (Å²) in [6.07, 6.45) is 0. The molecule has 1 aromatic carbocycles. The van der Waals surface area contributed by atoms with Crippen LogP contribution in [0.15, 0.2) is 28.7 Å². The minimum Gasteiger partial charge on any atom is -0.465 e. The Morgan fingerprint density at radius 2 is 1.81 bits per heavy atom. The number of likely N-dealkylation sites (N-methyl/N-ethyl adjacent to an activating group) is 1. The van der Waals surface area contributed by atoms with E-state index < -0.39 is 23.5 Å². The third kappa shape index (κ3) is 3.46. The standard InChI is InChI=1S/C15H17F3N2O/c1-9-3-4-11(21-9)8-20(2)14(7-19)10-5-12(16)15(18)13(17)6-10/h3-6,14H,7-8,19H2,1-2H3. The molecule has 3 nitrogen and oxygen atoms in total. The molecule has 2 aromatic rings. The second-order valence-corrected chi connectivity index (χ2v) is 4.98. The van der Waals surface area contributed by atoms with Crippen molar-refractivity contribution in [2.75, 3.05) is 13.6 Å². The highest BCUT2D eigenvalue weighted by molar-refractivity contribution is 5.23. The molecule has 114 valence electrons. The SMILES string of the molecule is Cc1ccc(CN(C)C(CN)c2cc(F)c(F)c(F)c2)o1. The van der Waals surface area contributed by atoms with E-state index in [1.165, 1.54) is 0 Å². The number of nitrogens with zero attached hydrogens (tertiary/aromatic N) is 1. The van der Waals surface area contributed by atoms with Gasteiger partial charge in [0.25, 0.3) is 0 Å². The molecule has 21 heavy (non-hydrogen) atoms. The van der Waals surface area contributed by atoms with Gasteiger partial charge in [-0.1, -0.05) is 0 Å². The normalized spacial score (nSPS) is 12.9. The van der Waals surface area contributed by atoms with Gasteiger partial charge in [-0.15, -0.1) is 0 Å². The molecule has 0 radical (unpaired) electrons. The average Bonchev–Trinajstić information content (AvgIpc) is 2.82. The first-order valence-electron chi connectivity index (χ1n) is 6.52. The highest BCUT2D eigenvalue weighted by Crippen LogP contribution is 2.24. The third-order valence-corrected chi connectivity index (χ3v) is 3.35. The fraction of sp³-hybridized carbons (Fsp3) is 0.333. The van der Waals surface area contributed by atoms with Gasteiger partial charge in [-0.2, -0.15) is 0 Å². The molecule has 1 heterocycles. The number of halogens is 3. The van der Waals surface area contributed by atoms with Crippen LogP contribution in [-0.2, 0) is 6.54 Å². The zero-order valence-corrected chi connectivity index (χ0v) is 11.9. The molecule has 1 atom stereocenters. The molecule has 6 heteroatoms. The Morgan fingerprint density at radius 1 is 1.19 bits per heavy atom. The Morgan fingerprint density at radius 3 is 2.29 bits per heavy atom. The molecule has 1 unspecified atom stereocenters. The Kier molecular flexibility index (Phi) is 4.69. The largest absolute Gasteiger partial charge is 0.465 e. The smallest absolute Gasteiger partial charge is 0.194 e. The zero-order chi connectivity index (χ0) is 15.6. The molecule has 0 amide bonds. The van der Waals surface area contributed by atoms with E-state index in [4.69, 9.17) is 10.2 Å². The second kappa shape index (κ2) is 6.32. The van der Waals surface area contributed by atoms with Crippen molar-refractivity contribution < 1.29 is 17.6 Å². The quantitative estimate of drug-likeness (QED) is 0.862. The molecule has 0 aliphatic heterocycles. The van der Waals surface area contributed by atoms with Crippen molar-refractivity contribution in [3.63, 3.8) is 0 Å². The van der Waals surface area contributed by atoms with Crippen LogP contribution in [0.5, 0.6) is 0 Å². The van der Waals surface area contributed by atoms with Gasteiger partial charge in [0.05, 0.1) is 6.54 Å². The maximum absolute atomic E-state index is 13.3. The van der Waals surface area contributed by atoms with Crippen LogP contribution in [0.3, 0.4) is 0 Å². The molecule has 0 aliphatic carbocycles. The van der Waals surface area contributed by atoms with Gasteiger partial charge in [-0.05, 0) is 43.8 Å². The van der Waals surface area contributed by atoms with E-state index in [9.17, 15) is 13.2 Å². The Balaban J connectivity index is 2.22. The van der Waals surface area contributed by atoms with Gasteiger partial charge in [-0.25, -0.2) is 13.2 Å². The van der Waals surface area contributed by atoms with Crippen LogP contribution >= 0.6 is 0 Å². The highest BCUT2D eigenvalue weighted by Gasteiger charge is 2.20. The zero-order valence-electron chi connectivity index (χ0n) is 11.9. The second-order valence-electron chi connectivity index (χ2n) is 4.98. The van der Waals surface area contributed by atoms with Crippen molar-refractivity contribution in [2.45, 2.75) is 19.5 Å². The fourth-order valence-electron chi connectivity index (χ4n) is 2.26. The van der Waals surface area contributed by atoms with Gasteiger partial charge in [0.2, 0.25) is 0 Å². The van der Waals surface area contributed by atoms with Crippen molar-refractivity contribution in [1.29, 1.82) is 0 Å². The van der Waals surface area contributed by atoms with Crippen LogP contribution in [0.25, 0.3) is 0 Å². The van der Waals surface area contributed by atoms with Crippen LogP contribution in [0.2, 0.25) is 0 Å². The van der Waals surface area contributed by atoms with Crippen LogP contribution in [0, 0.1) is 24.4 Å². The predicted octanol–water partition coefficient (Wildman–Crippen LogP) is 3.14. The fourth-order valence-corrected chi connectivity index (χ4v) is 2.26. The maximum Gasteiger partial charge on any atom is 0.194 e. The number of hydrogen-bond donors (Lipinski definition) is 1. The van der Waals surface area contributed by atoms with E-state index >= 15 is 0 Å². The Bertz CT molecular complexity index is 604. The van der Waals surface area contributed by atoms with E-state index in [0.717, 1.165) is 23.7 Å². The maximum atomic E-state index is 13.3. The number of benzene rings is 1. The summed E-state index contributed by atoms with van der Waals surface area (Å²) in [6, 6.07) is 5.16. The summed E-state index contributed by atoms with van der Waals surface area (Å²) in [5.74, 6) is -2.41. The minimum atomic E-state index is -1.47. The van der Waals surface area contributed by atoms with Crippen molar-refractivity contribution in [3.05, 3.63) is 58.8 Å². The molecule has 0 spiro atoms. The first-order chi connectivity index (χ1) is 9.92. The van der Waals surface area contributed by atoms with E-state index in [-0.39, 0.29) is 6.54 Å². The van der Waals surface area contributed by atoms with Gasteiger partial charge >= 0.3 is 0 Å². The van der Waals surface area contributed by atoms with E-state index in [1.54, 1.807) is 11.9 Å². The molecular formula is C15H17F3N2O. The lowest BCUT2D eigenvalue weighted by atomic mass is 10.0. The summed E-state index contributed by atoms with van der Waals surface area (Å²) in [7, 11) is 1.76. The molecule has 0 bridgehead atoms. The van der Waals surface area contributed by atoms with Gasteiger partial charge in [-0.3, -0.25) is 4.90 Å². The van der Waals surface area contributed by atoms with Crippen LogP contribution in [0.4, 0.5) is 13.2 Å². The van der Waals surface area contributed by atoms with Crippen molar-refractivity contribution in [1.82, 2.24) is 4.90 Å². The lowest BCUT2D eigenvalue weighted by Gasteiger charge is -2.26. The summed E-state index contributed by atoms with van der Waals surface area (Å²) in [5.41, 5.74) is 5.98. The number of hydrogen-bond acceptors (Lipinski definition) is 3. The van der Waals surface area contributed by atoms with Gasteiger partial charge in [0.15, 0.2) is 17.5 Å². The lowest BCUT2D eigenvalue weighted by molar-refractivity contribution is 0.220. The van der Waals surface area contributed by atoms with Crippen LogP contribution in [0.1, 0.15) is 23.1 Å². The molecule has 2 N–H and O–H groups in total. The average molecular weight is 298 g/mol. The molecule has 0 fully saturated rings. The van der Waals surface area contributed by atoms with Gasteiger partial charge in [0, 0.05) is 12.6 Å². The van der Waals surface area contributed by atoms with Crippen molar-refractivity contribution >= 4 is 0 Å². The summed E-state index contributed by atoms with van der Waals surface area (Å²) in [5, 5.41) is 0. The van der Waals surface area contributed by atoms with Gasteiger partial charge in [0.1, 0.15) is 11.5 Å². The molecule has 0 aliphatic rings. The van der Waals surface area contributed by atoms with Crippen LogP contribution < -0.4 is 5.73 Å². The summed E-state index contributed by atoms with van der Waals surface area (Å²) < 4.78 is 45.2.